The minimum absolute atomic E-state index is 0.247. The predicted molar refractivity (Wildman–Crippen MR) is 80.2 cm³/mol. The Morgan fingerprint density at radius 2 is 2.15 bits per heavy atom. The zero-order valence-electron chi connectivity index (χ0n) is 11.0. The van der Waals surface area contributed by atoms with Gasteiger partial charge >= 0.3 is 0 Å². The van der Waals surface area contributed by atoms with Crippen molar-refractivity contribution in [3.63, 3.8) is 0 Å². The minimum Gasteiger partial charge on any atom is -0.306 e. The maximum absolute atomic E-state index is 13.6. The van der Waals surface area contributed by atoms with Crippen LogP contribution in [0.25, 0.3) is 0 Å². The fourth-order valence-electron chi connectivity index (χ4n) is 2.44. The van der Waals surface area contributed by atoms with Crippen molar-refractivity contribution in [1.29, 1.82) is 0 Å². The van der Waals surface area contributed by atoms with E-state index in [1.54, 1.807) is 11.3 Å². The number of thiophene rings is 1. The Hall–Kier alpha value is -0.910. The summed E-state index contributed by atoms with van der Waals surface area (Å²) >= 11 is 3.66. The number of thioether (sulfide) groups is 1. The van der Waals surface area contributed by atoms with E-state index in [2.05, 4.69) is 23.7 Å². The highest BCUT2D eigenvalue weighted by Gasteiger charge is 2.25. The zero-order valence-corrected chi connectivity index (χ0v) is 12.7. The van der Waals surface area contributed by atoms with Crippen LogP contribution in [0.4, 0.5) is 8.78 Å². The summed E-state index contributed by atoms with van der Waals surface area (Å²) in [6, 6.07) is 6.13. The van der Waals surface area contributed by atoms with Crippen molar-refractivity contribution in [2.75, 3.05) is 0 Å². The van der Waals surface area contributed by atoms with Crippen molar-refractivity contribution in [1.82, 2.24) is 5.32 Å². The smallest absolute Gasteiger partial charge is 0.130 e. The molecule has 1 nitrogen and oxygen atoms in total. The van der Waals surface area contributed by atoms with Crippen LogP contribution in [-0.4, -0.2) is 5.25 Å². The number of rotatable bonds is 3. The Kier molecular flexibility index (Phi) is 4.10. The van der Waals surface area contributed by atoms with Crippen LogP contribution in [0.1, 0.15) is 30.5 Å². The maximum atomic E-state index is 13.6. The summed E-state index contributed by atoms with van der Waals surface area (Å²) in [6.45, 7) is 2.63. The summed E-state index contributed by atoms with van der Waals surface area (Å²) in [6.07, 6.45) is 1.03. The molecule has 20 heavy (non-hydrogen) atoms. The maximum Gasteiger partial charge on any atom is 0.130 e. The third-order valence-electron chi connectivity index (χ3n) is 3.46. The van der Waals surface area contributed by atoms with Crippen LogP contribution in [0.5, 0.6) is 0 Å². The van der Waals surface area contributed by atoms with Crippen LogP contribution in [0.15, 0.2) is 33.9 Å². The molecule has 0 saturated heterocycles. The van der Waals surface area contributed by atoms with Crippen molar-refractivity contribution in [3.05, 3.63) is 52.4 Å². The van der Waals surface area contributed by atoms with E-state index in [0.717, 1.165) is 12.5 Å². The van der Waals surface area contributed by atoms with Crippen LogP contribution in [0, 0.1) is 11.6 Å². The van der Waals surface area contributed by atoms with E-state index >= 15 is 0 Å². The van der Waals surface area contributed by atoms with Crippen molar-refractivity contribution in [2.24, 2.45) is 0 Å². The lowest BCUT2D eigenvalue weighted by Crippen LogP contribution is -2.26. The lowest BCUT2D eigenvalue weighted by atomic mass is 10.0. The van der Waals surface area contributed by atoms with Gasteiger partial charge in [-0.25, -0.2) is 8.78 Å². The molecule has 1 aliphatic rings. The van der Waals surface area contributed by atoms with Crippen LogP contribution in [-0.2, 0) is 6.54 Å². The van der Waals surface area contributed by atoms with Crippen molar-refractivity contribution in [2.45, 2.75) is 35.4 Å². The minimum atomic E-state index is -0.533. The van der Waals surface area contributed by atoms with E-state index in [9.17, 15) is 8.78 Å². The van der Waals surface area contributed by atoms with Gasteiger partial charge in [-0.1, -0.05) is 13.0 Å². The van der Waals surface area contributed by atoms with E-state index in [0.29, 0.717) is 17.4 Å². The highest BCUT2D eigenvalue weighted by atomic mass is 32.2. The van der Waals surface area contributed by atoms with Crippen molar-refractivity contribution >= 4 is 23.1 Å². The second-order valence-corrected chi connectivity index (χ2v) is 7.62. The van der Waals surface area contributed by atoms with E-state index in [1.807, 2.05) is 11.8 Å². The van der Waals surface area contributed by atoms with Gasteiger partial charge in [0.25, 0.3) is 0 Å². The summed E-state index contributed by atoms with van der Waals surface area (Å²) in [5, 5.41) is 6.05. The average Bonchev–Trinajstić information content (AvgIpc) is 2.85. The molecule has 0 bridgehead atoms. The van der Waals surface area contributed by atoms with Crippen LogP contribution < -0.4 is 5.32 Å². The Morgan fingerprint density at radius 3 is 2.95 bits per heavy atom. The molecule has 0 spiro atoms. The first-order chi connectivity index (χ1) is 9.63. The second kappa shape index (κ2) is 5.84. The number of hydrogen-bond acceptors (Lipinski definition) is 3. The first kappa shape index (κ1) is 14.0. The van der Waals surface area contributed by atoms with Crippen LogP contribution >= 0.6 is 23.1 Å². The molecule has 1 unspecified atom stereocenters. The van der Waals surface area contributed by atoms with Crippen molar-refractivity contribution < 1.29 is 8.78 Å². The molecule has 5 heteroatoms. The molecule has 3 rings (SSSR count). The van der Waals surface area contributed by atoms with Gasteiger partial charge in [0.15, 0.2) is 0 Å². The summed E-state index contributed by atoms with van der Waals surface area (Å²) in [4.78, 5) is 0. The third kappa shape index (κ3) is 2.90. The Bertz CT molecular complexity index is 612. The summed E-state index contributed by atoms with van der Waals surface area (Å²) in [5.41, 5.74) is 1.81. The van der Waals surface area contributed by atoms with Crippen LogP contribution in [0.2, 0.25) is 0 Å². The summed E-state index contributed by atoms with van der Waals surface area (Å²) < 4.78 is 27.9. The van der Waals surface area contributed by atoms with Gasteiger partial charge in [0.05, 0.1) is 4.21 Å². The van der Waals surface area contributed by atoms with Gasteiger partial charge in [-0.05, 0) is 29.5 Å². The van der Waals surface area contributed by atoms with E-state index in [1.165, 1.54) is 21.9 Å². The Balaban J connectivity index is 1.73. The SMILES string of the molecule is C[C@H]1CC(NCc2ccc(F)cc2F)c2ccsc2S1. The molecule has 0 aliphatic carbocycles. The first-order valence-corrected chi connectivity index (χ1v) is 8.31. The molecule has 0 amide bonds. The van der Waals surface area contributed by atoms with Gasteiger partial charge in [-0.2, -0.15) is 0 Å². The quantitative estimate of drug-likeness (QED) is 0.878. The molecule has 0 saturated carbocycles. The fraction of sp³-hybridized carbons (Fsp3) is 0.333. The number of hydrogen-bond donors (Lipinski definition) is 1. The van der Waals surface area contributed by atoms with Gasteiger partial charge < -0.3 is 5.32 Å². The van der Waals surface area contributed by atoms with Crippen molar-refractivity contribution in [3.8, 4) is 0 Å². The lowest BCUT2D eigenvalue weighted by Gasteiger charge is -2.27. The molecule has 2 heterocycles. The molecule has 1 N–H and O–H groups in total. The molecular weight excluding hydrogens is 296 g/mol. The number of benzene rings is 1. The number of nitrogens with one attached hydrogen (secondary N) is 1. The van der Waals surface area contributed by atoms with E-state index < -0.39 is 11.6 Å². The molecule has 2 aromatic rings. The number of fused-ring (bicyclic) bond motifs is 1. The molecule has 106 valence electrons. The lowest BCUT2D eigenvalue weighted by molar-refractivity contribution is 0.476. The van der Waals surface area contributed by atoms with E-state index in [-0.39, 0.29) is 6.04 Å². The van der Waals surface area contributed by atoms with Gasteiger partial charge in [0.1, 0.15) is 11.6 Å². The second-order valence-electron chi connectivity index (χ2n) is 5.00. The topological polar surface area (TPSA) is 12.0 Å². The molecular formula is C15H15F2NS2. The predicted octanol–water partition coefficient (Wildman–Crippen LogP) is 4.74. The molecule has 1 aromatic carbocycles. The molecule has 1 aromatic heterocycles. The first-order valence-electron chi connectivity index (χ1n) is 6.55. The molecule has 1 aliphatic heterocycles. The standard InChI is InChI=1S/C15H15F2NS2/c1-9-6-14(12-4-5-19-15(12)20-9)18-8-10-2-3-11(16)7-13(10)17/h2-5,7,9,14,18H,6,8H2,1H3/t9-,14?/m0/s1. The zero-order chi connectivity index (χ0) is 14.1. The molecule has 0 fully saturated rings. The van der Waals surface area contributed by atoms with Gasteiger partial charge in [0.2, 0.25) is 0 Å². The van der Waals surface area contributed by atoms with Gasteiger partial charge in [0, 0.05) is 29.5 Å². The highest BCUT2D eigenvalue weighted by molar-refractivity contribution is 8.01. The number of halogens is 2. The highest BCUT2D eigenvalue weighted by Crippen LogP contribution is 2.43. The van der Waals surface area contributed by atoms with Gasteiger partial charge in [-0.3, -0.25) is 0 Å². The average molecular weight is 311 g/mol. The van der Waals surface area contributed by atoms with Crippen LogP contribution in [0.3, 0.4) is 0 Å². The third-order valence-corrected chi connectivity index (χ3v) is 5.81. The molecule has 2 atom stereocenters. The molecule has 0 radical (unpaired) electrons. The monoisotopic (exact) mass is 311 g/mol. The largest absolute Gasteiger partial charge is 0.306 e. The summed E-state index contributed by atoms with van der Waals surface area (Å²) in [5.74, 6) is -1.02. The van der Waals surface area contributed by atoms with E-state index in [4.69, 9.17) is 0 Å². The van der Waals surface area contributed by atoms with Gasteiger partial charge in [-0.15, -0.1) is 23.1 Å². The summed E-state index contributed by atoms with van der Waals surface area (Å²) in [7, 11) is 0. The Labute approximate surface area is 125 Å². The Morgan fingerprint density at radius 1 is 1.30 bits per heavy atom. The fourth-order valence-corrected chi connectivity index (χ4v) is 5.01. The normalized spacial score (nSPS) is 21.8.